The third-order valence-corrected chi connectivity index (χ3v) is 5.25. The van der Waals surface area contributed by atoms with Crippen LogP contribution in [-0.4, -0.2) is 30.5 Å². The van der Waals surface area contributed by atoms with Crippen molar-refractivity contribution in [1.82, 2.24) is 24.5 Å². The van der Waals surface area contributed by atoms with Crippen LogP contribution < -0.4 is 10.6 Å². The van der Waals surface area contributed by atoms with Gasteiger partial charge in [0.05, 0.1) is 0 Å². The zero-order valence-electron chi connectivity index (χ0n) is 16.2. The number of hydrogen-bond acceptors (Lipinski definition) is 6. The van der Waals surface area contributed by atoms with Gasteiger partial charge in [0.2, 0.25) is 5.95 Å². The van der Waals surface area contributed by atoms with Gasteiger partial charge in [0, 0.05) is 23.3 Å². The highest BCUT2D eigenvalue weighted by Crippen LogP contribution is 2.30. The first-order valence-electron chi connectivity index (χ1n) is 10.0. The molecule has 0 spiro atoms. The van der Waals surface area contributed by atoms with Gasteiger partial charge in [-0.3, -0.25) is 4.57 Å². The van der Waals surface area contributed by atoms with Gasteiger partial charge in [-0.05, 0) is 36.4 Å². The molecule has 0 radical (unpaired) electrons. The summed E-state index contributed by atoms with van der Waals surface area (Å²) in [6.07, 6.45) is 5.89. The Morgan fingerprint density at radius 1 is 0.833 bits per heavy atom. The van der Waals surface area contributed by atoms with Gasteiger partial charge in [0.25, 0.3) is 0 Å². The molecule has 1 saturated carbocycles. The van der Waals surface area contributed by atoms with E-state index in [4.69, 9.17) is 9.97 Å². The second kappa shape index (κ2) is 6.81. The van der Waals surface area contributed by atoms with Crippen LogP contribution in [0.15, 0.2) is 73.2 Å². The van der Waals surface area contributed by atoms with Crippen molar-refractivity contribution in [2.45, 2.75) is 18.9 Å². The normalized spacial score (nSPS) is 13.6. The molecular weight excluding hydrogens is 374 g/mol. The van der Waals surface area contributed by atoms with Crippen molar-refractivity contribution >= 4 is 39.5 Å². The maximum atomic E-state index is 4.80. The summed E-state index contributed by atoms with van der Waals surface area (Å²) in [5.74, 6) is 1.97. The van der Waals surface area contributed by atoms with Crippen molar-refractivity contribution in [2.24, 2.45) is 0 Å². The van der Waals surface area contributed by atoms with Gasteiger partial charge in [0.1, 0.15) is 12.1 Å². The summed E-state index contributed by atoms with van der Waals surface area (Å²) in [5, 5.41) is 8.96. The van der Waals surface area contributed by atoms with E-state index in [1.165, 1.54) is 0 Å². The maximum Gasteiger partial charge on any atom is 0.232 e. The van der Waals surface area contributed by atoms with Crippen LogP contribution in [-0.2, 0) is 0 Å². The molecule has 7 heteroatoms. The van der Waals surface area contributed by atoms with Gasteiger partial charge in [-0.1, -0.05) is 42.5 Å². The van der Waals surface area contributed by atoms with Crippen molar-refractivity contribution in [3.8, 4) is 5.69 Å². The Hall–Kier alpha value is -4.00. The van der Waals surface area contributed by atoms with Crippen LogP contribution in [0.25, 0.3) is 27.6 Å². The number of anilines is 3. The van der Waals surface area contributed by atoms with Gasteiger partial charge < -0.3 is 10.6 Å². The number of hydrogen-bond donors (Lipinski definition) is 2. The Bertz CT molecular complexity index is 1350. The molecule has 0 saturated heterocycles. The van der Waals surface area contributed by atoms with Gasteiger partial charge in [0.15, 0.2) is 17.0 Å². The quantitative estimate of drug-likeness (QED) is 0.451. The predicted octanol–water partition coefficient (Wildman–Crippen LogP) is 4.68. The van der Waals surface area contributed by atoms with E-state index in [2.05, 4.69) is 26.7 Å². The van der Waals surface area contributed by atoms with Gasteiger partial charge in [-0.15, -0.1) is 0 Å². The van der Waals surface area contributed by atoms with Crippen LogP contribution in [0, 0.1) is 0 Å². The summed E-state index contributed by atoms with van der Waals surface area (Å²) >= 11 is 0. The summed E-state index contributed by atoms with van der Waals surface area (Å²) in [5.41, 5.74) is 2.52. The molecule has 3 aromatic heterocycles. The molecule has 0 atom stereocenters. The lowest BCUT2D eigenvalue weighted by Crippen LogP contribution is -2.08. The lowest BCUT2D eigenvalue weighted by atomic mass is 10.1. The fraction of sp³-hybridized carbons (Fsp3) is 0.130. The van der Waals surface area contributed by atoms with E-state index in [0.717, 1.165) is 52.1 Å². The number of fused-ring (bicyclic) bond motifs is 2. The van der Waals surface area contributed by atoms with E-state index in [1.54, 1.807) is 12.5 Å². The second-order valence-corrected chi connectivity index (χ2v) is 7.44. The predicted molar refractivity (Wildman–Crippen MR) is 118 cm³/mol. The SMILES string of the molecule is c1ccc(-n2cnc3c(NC4CC4)nc(Nc4nccc5ccccc45)nc32)cc1. The number of imidazole rings is 1. The first-order valence-corrected chi connectivity index (χ1v) is 10.0. The summed E-state index contributed by atoms with van der Waals surface area (Å²) in [6.45, 7) is 0. The number of rotatable bonds is 5. The Morgan fingerprint density at radius 3 is 2.53 bits per heavy atom. The van der Waals surface area contributed by atoms with Crippen LogP contribution in [0.3, 0.4) is 0 Å². The number of nitrogens with zero attached hydrogens (tertiary/aromatic N) is 5. The molecule has 2 N–H and O–H groups in total. The largest absolute Gasteiger partial charge is 0.365 e. The molecule has 1 aliphatic carbocycles. The molecule has 146 valence electrons. The number of pyridine rings is 1. The summed E-state index contributed by atoms with van der Waals surface area (Å²) < 4.78 is 1.98. The van der Waals surface area contributed by atoms with Gasteiger partial charge >= 0.3 is 0 Å². The topological polar surface area (TPSA) is 80.5 Å². The summed E-state index contributed by atoms with van der Waals surface area (Å²) in [4.78, 5) is 18.7. The van der Waals surface area contributed by atoms with Crippen LogP contribution in [0.5, 0.6) is 0 Å². The monoisotopic (exact) mass is 393 g/mol. The Kier molecular flexibility index (Phi) is 3.84. The van der Waals surface area contributed by atoms with E-state index in [1.807, 2.05) is 59.2 Å². The molecular formula is C23H19N7. The number of nitrogens with one attached hydrogen (secondary N) is 2. The van der Waals surface area contributed by atoms with Crippen molar-refractivity contribution in [1.29, 1.82) is 0 Å². The molecule has 0 amide bonds. The van der Waals surface area contributed by atoms with Crippen molar-refractivity contribution < 1.29 is 0 Å². The number of para-hydroxylation sites is 1. The summed E-state index contributed by atoms with van der Waals surface area (Å²) in [6, 6.07) is 20.7. The highest BCUT2D eigenvalue weighted by atomic mass is 15.2. The first-order chi connectivity index (χ1) is 14.8. The minimum atomic E-state index is 0.452. The minimum Gasteiger partial charge on any atom is -0.365 e. The van der Waals surface area contributed by atoms with Crippen LogP contribution in [0.1, 0.15) is 12.8 Å². The molecule has 6 rings (SSSR count). The molecule has 7 nitrogen and oxygen atoms in total. The standard InChI is InChI=1S/C23H19N7/c1-2-7-17(8-3-1)30-14-25-19-21(26-16-10-11-16)28-23(29-22(19)30)27-20-18-9-5-4-6-15(18)12-13-24-20/h1-9,12-14,16H,10-11H2,(H2,24,26,27,28,29). The van der Waals surface area contributed by atoms with Crippen molar-refractivity contribution in [2.75, 3.05) is 10.6 Å². The highest BCUT2D eigenvalue weighted by molar-refractivity contribution is 5.93. The number of benzene rings is 2. The van der Waals surface area contributed by atoms with Crippen molar-refractivity contribution in [3.63, 3.8) is 0 Å². The average Bonchev–Trinajstić information content (AvgIpc) is 3.50. The molecule has 2 aromatic carbocycles. The molecule has 0 unspecified atom stereocenters. The Morgan fingerprint density at radius 2 is 1.67 bits per heavy atom. The van der Waals surface area contributed by atoms with Gasteiger partial charge in [-0.25, -0.2) is 9.97 Å². The van der Waals surface area contributed by atoms with Gasteiger partial charge in [-0.2, -0.15) is 9.97 Å². The highest BCUT2D eigenvalue weighted by Gasteiger charge is 2.24. The summed E-state index contributed by atoms with van der Waals surface area (Å²) in [7, 11) is 0. The third kappa shape index (κ3) is 3.00. The molecule has 0 aliphatic heterocycles. The fourth-order valence-electron chi connectivity index (χ4n) is 3.58. The van der Waals surface area contributed by atoms with Crippen LogP contribution in [0.4, 0.5) is 17.6 Å². The van der Waals surface area contributed by atoms with E-state index in [0.29, 0.717) is 12.0 Å². The lowest BCUT2D eigenvalue weighted by molar-refractivity contribution is 1.05. The molecule has 5 aromatic rings. The van der Waals surface area contributed by atoms with Crippen LogP contribution in [0.2, 0.25) is 0 Å². The molecule has 0 bridgehead atoms. The zero-order chi connectivity index (χ0) is 19.9. The van der Waals surface area contributed by atoms with E-state index in [9.17, 15) is 0 Å². The Balaban J connectivity index is 1.49. The fourth-order valence-corrected chi connectivity index (χ4v) is 3.58. The smallest absolute Gasteiger partial charge is 0.232 e. The van der Waals surface area contributed by atoms with Crippen molar-refractivity contribution in [3.05, 3.63) is 73.2 Å². The average molecular weight is 393 g/mol. The van der Waals surface area contributed by atoms with E-state index >= 15 is 0 Å². The maximum absolute atomic E-state index is 4.80. The minimum absolute atomic E-state index is 0.452. The molecule has 1 aliphatic rings. The lowest BCUT2D eigenvalue weighted by Gasteiger charge is -2.11. The Labute approximate surface area is 172 Å². The zero-order valence-corrected chi connectivity index (χ0v) is 16.2. The third-order valence-electron chi connectivity index (χ3n) is 5.25. The van der Waals surface area contributed by atoms with E-state index in [-0.39, 0.29) is 0 Å². The molecule has 3 heterocycles. The van der Waals surface area contributed by atoms with E-state index < -0.39 is 0 Å². The first kappa shape index (κ1) is 16.9. The second-order valence-electron chi connectivity index (χ2n) is 7.44. The molecule has 30 heavy (non-hydrogen) atoms. The van der Waals surface area contributed by atoms with Crippen LogP contribution >= 0.6 is 0 Å². The molecule has 1 fully saturated rings. The number of aromatic nitrogens is 5.